The molecule has 0 unspecified atom stereocenters. The highest BCUT2D eigenvalue weighted by Gasteiger charge is 2.40. The third kappa shape index (κ3) is 4.86. The van der Waals surface area contributed by atoms with E-state index >= 15 is 0 Å². The number of halogens is 2. The van der Waals surface area contributed by atoms with E-state index < -0.39 is 28.7 Å². The van der Waals surface area contributed by atoms with Crippen molar-refractivity contribution < 1.29 is 27.9 Å². The highest BCUT2D eigenvalue weighted by molar-refractivity contribution is 6.49. The number of ketones is 1. The number of hydrogen-bond acceptors (Lipinski definition) is 7. The molecule has 1 N–H and O–H groups in total. The van der Waals surface area contributed by atoms with Crippen LogP contribution in [0.25, 0.3) is 11.3 Å². The second-order valence-electron chi connectivity index (χ2n) is 8.59. The SMILES string of the molecule is CC(C)Oc1ccc(C2=NOC(C)(C)C2=O)cc1-c1cnc(NC(=O)c2c(F)cccc2F)cn1. The zero-order chi connectivity index (χ0) is 25.3. The monoisotopic (exact) mass is 480 g/mol. The Balaban J connectivity index is 1.64. The molecule has 2 aromatic carbocycles. The van der Waals surface area contributed by atoms with Crippen LogP contribution >= 0.6 is 0 Å². The molecule has 1 aromatic heterocycles. The standard InChI is InChI=1S/C25H22F2N4O4/c1-13(2)34-19-9-8-14(22-23(32)25(3,4)35-31-22)10-15(19)18-11-29-20(12-28-18)30-24(33)21-16(26)6-5-7-17(21)27/h5-13H,1-4H3,(H,29,30,33). The minimum Gasteiger partial charge on any atom is -0.490 e. The molecule has 0 bridgehead atoms. The quantitative estimate of drug-likeness (QED) is 0.556. The van der Waals surface area contributed by atoms with Gasteiger partial charge in [0.25, 0.3) is 5.91 Å². The summed E-state index contributed by atoms with van der Waals surface area (Å²) in [5.41, 5.74) is -0.173. The molecule has 1 aliphatic rings. The molecule has 0 fully saturated rings. The van der Waals surface area contributed by atoms with Crippen LogP contribution in [0.2, 0.25) is 0 Å². The van der Waals surface area contributed by atoms with Crippen LogP contribution in [-0.4, -0.2) is 39.1 Å². The number of nitrogens with zero attached hydrogens (tertiary/aromatic N) is 3. The number of benzene rings is 2. The molecule has 0 spiro atoms. The zero-order valence-corrected chi connectivity index (χ0v) is 19.4. The van der Waals surface area contributed by atoms with Crippen molar-refractivity contribution in [3.8, 4) is 17.0 Å². The van der Waals surface area contributed by atoms with E-state index in [-0.39, 0.29) is 23.4 Å². The van der Waals surface area contributed by atoms with Crippen LogP contribution in [0.4, 0.5) is 14.6 Å². The van der Waals surface area contributed by atoms with Crippen LogP contribution in [0.15, 0.2) is 53.9 Å². The number of carbonyl (C=O) groups excluding carboxylic acids is 2. The third-order valence-corrected chi connectivity index (χ3v) is 5.10. The molecule has 0 saturated heterocycles. The van der Waals surface area contributed by atoms with Crippen molar-refractivity contribution in [2.45, 2.75) is 39.4 Å². The average molecular weight is 480 g/mol. The summed E-state index contributed by atoms with van der Waals surface area (Å²) in [7, 11) is 0. The van der Waals surface area contributed by atoms with Gasteiger partial charge in [-0.1, -0.05) is 11.2 Å². The van der Waals surface area contributed by atoms with E-state index in [9.17, 15) is 18.4 Å². The van der Waals surface area contributed by atoms with Gasteiger partial charge in [-0.05, 0) is 58.0 Å². The van der Waals surface area contributed by atoms with Gasteiger partial charge in [0.2, 0.25) is 5.78 Å². The van der Waals surface area contributed by atoms with E-state index in [4.69, 9.17) is 9.57 Å². The Morgan fingerprint density at radius 2 is 1.80 bits per heavy atom. The van der Waals surface area contributed by atoms with Gasteiger partial charge in [-0.25, -0.2) is 13.8 Å². The van der Waals surface area contributed by atoms with Gasteiger partial charge in [-0.2, -0.15) is 0 Å². The maximum absolute atomic E-state index is 13.9. The fraction of sp³-hybridized carbons (Fsp3) is 0.240. The number of ether oxygens (including phenoxy) is 1. The summed E-state index contributed by atoms with van der Waals surface area (Å²) in [5.74, 6) is -2.74. The van der Waals surface area contributed by atoms with Crippen molar-refractivity contribution in [2.75, 3.05) is 5.32 Å². The second-order valence-corrected chi connectivity index (χ2v) is 8.59. The predicted octanol–water partition coefficient (Wildman–Crippen LogP) is 4.54. The molecular formula is C25H22F2N4O4. The summed E-state index contributed by atoms with van der Waals surface area (Å²) in [6, 6.07) is 8.23. The summed E-state index contributed by atoms with van der Waals surface area (Å²) in [5, 5.41) is 6.27. The van der Waals surface area contributed by atoms with Gasteiger partial charge in [0.05, 0.1) is 24.2 Å². The first-order valence-corrected chi connectivity index (χ1v) is 10.8. The first-order chi connectivity index (χ1) is 16.6. The molecule has 180 valence electrons. The van der Waals surface area contributed by atoms with Crippen molar-refractivity contribution in [2.24, 2.45) is 5.16 Å². The molecule has 0 saturated carbocycles. The molecule has 35 heavy (non-hydrogen) atoms. The van der Waals surface area contributed by atoms with Gasteiger partial charge in [0.1, 0.15) is 22.9 Å². The van der Waals surface area contributed by atoms with Crippen LogP contribution < -0.4 is 10.1 Å². The fourth-order valence-corrected chi connectivity index (χ4v) is 3.37. The lowest BCUT2D eigenvalue weighted by atomic mass is 9.94. The van der Waals surface area contributed by atoms with E-state index in [1.54, 1.807) is 32.0 Å². The largest absolute Gasteiger partial charge is 0.490 e. The Morgan fingerprint density at radius 1 is 1.09 bits per heavy atom. The van der Waals surface area contributed by atoms with Gasteiger partial charge < -0.3 is 14.9 Å². The first kappa shape index (κ1) is 23.9. The lowest BCUT2D eigenvalue weighted by Crippen LogP contribution is -2.33. The minimum atomic E-state index is -1.06. The molecule has 2 heterocycles. The number of hydrogen-bond donors (Lipinski definition) is 1. The number of oxime groups is 1. The number of amides is 1. The highest BCUT2D eigenvalue weighted by atomic mass is 19.1. The predicted molar refractivity (Wildman–Crippen MR) is 124 cm³/mol. The molecule has 0 aliphatic carbocycles. The van der Waals surface area contributed by atoms with Gasteiger partial charge in [-0.15, -0.1) is 0 Å². The molecule has 0 radical (unpaired) electrons. The van der Waals surface area contributed by atoms with Crippen molar-refractivity contribution in [3.05, 3.63) is 71.6 Å². The Morgan fingerprint density at radius 3 is 2.37 bits per heavy atom. The lowest BCUT2D eigenvalue weighted by Gasteiger charge is -2.16. The Kier molecular flexibility index (Phi) is 6.29. The molecule has 3 aromatic rings. The van der Waals surface area contributed by atoms with Crippen molar-refractivity contribution in [1.82, 2.24) is 9.97 Å². The van der Waals surface area contributed by atoms with Crippen molar-refractivity contribution in [1.29, 1.82) is 0 Å². The maximum Gasteiger partial charge on any atom is 0.262 e. The van der Waals surface area contributed by atoms with E-state index in [1.807, 2.05) is 13.8 Å². The van der Waals surface area contributed by atoms with Crippen LogP contribution in [0, 0.1) is 11.6 Å². The molecule has 1 amide bonds. The Hall–Kier alpha value is -4.21. The fourth-order valence-electron chi connectivity index (χ4n) is 3.37. The minimum absolute atomic E-state index is 0.00520. The Bertz CT molecular complexity index is 1320. The van der Waals surface area contributed by atoms with Crippen molar-refractivity contribution >= 4 is 23.2 Å². The molecular weight excluding hydrogens is 458 g/mol. The third-order valence-electron chi connectivity index (χ3n) is 5.10. The van der Waals surface area contributed by atoms with Crippen LogP contribution in [0.5, 0.6) is 5.75 Å². The van der Waals surface area contributed by atoms with Gasteiger partial charge in [0.15, 0.2) is 17.1 Å². The second kappa shape index (κ2) is 9.21. The smallest absolute Gasteiger partial charge is 0.262 e. The number of nitrogens with one attached hydrogen (secondary N) is 1. The summed E-state index contributed by atoms with van der Waals surface area (Å²) < 4.78 is 33.7. The number of Topliss-reactive ketones (excluding diaryl/α,β-unsaturated/α-hetero) is 1. The molecule has 1 aliphatic heterocycles. The maximum atomic E-state index is 13.9. The molecule has 0 atom stereocenters. The van der Waals surface area contributed by atoms with Crippen LogP contribution in [-0.2, 0) is 9.63 Å². The lowest BCUT2D eigenvalue weighted by molar-refractivity contribution is -0.128. The zero-order valence-electron chi connectivity index (χ0n) is 19.4. The number of anilines is 1. The summed E-state index contributed by atoms with van der Waals surface area (Å²) in [6.07, 6.45) is 2.48. The topological polar surface area (TPSA) is 103 Å². The van der Waals surface area contributed by atoms with E-state index in [2.05, 4.69) is 20.4 Å². The number of rotatable bonds is 6. The van der Waals surface area contributed by atoms with E-state index in [1.165, 1.54) is 18.5 Å². The number of aromatic nitrogens is 2. The normalized spacial score (nSPS) is 14.5. The average Bonchev–Trinajstić information content (AvgIpc) is 3.07. The summed E-state index contributed by atoms with van der Waals surface area (Å²) >= 11 is 0. The van der Waals surface area contributed by atoms with Crippen LogP contribution in [0.1, 0.15) is 43.6 Å². The first-order valence-electron chi connectivity index (χ1n) is 10.8. The number of carbonyl (C=O) groups is 2. The van der Waals surface area contributed by atoms with E-state index in [0.717, 1.165) is 12.1 Å². The molecule has 10 heteroatoms. The van der Waals surface area contributed by atoms with Gasteiger partial charge in [-0.3, -0.25) is 14.6 Å². The van der Waals surface area contributed by atoms with Crippen molar-refractivity contribution in [3.63, 3.8) is 0 Å². The van der Waals surface area contributed by atoms with Crippen LogP contribution in [0.3, 0.4) is 0 Å². The van der Waals surface area contributed by atoms with E-state index in [0.29, 0.717) is 22.6 Å². The highest BCUT2D eigenvalue weighted by Crippen LogP contribution is 2.32. The Labute approximate surface area is 200 Å². The van der Waals surface area contributed by atoms with Gasteiger partial charge >= 0.3 is 0 Å². The molecule has 8 nitrogen and oxygen atoms in total. The summed E-state index contributed by atoms with van der Waals surface area (Å²) in [6.45, 7) is 7.00. The molecule has 4 rings (SSSR count). The summed E-state index contributed by atoms with van der Waals surface area (Å²) in [4.78, 5) is 38.7. The van der Waals surface area contributed by atoms with Gasteiger partial charge in [0, 0.05) is 11.1 Å².